The van der Waals surface area contributed by atoms with Crippen LogP contribution in [0.1, 0.15) is 13.3 Å². The molecule has 1 aliphatic carbocycles. The first kappa shape index (κ1) is 7.79. The first-order chi connectivity index (χ1) is 4.58. The van der Waals surface area contributed by atoms with Crippen molar-refractivity contribution < 1.29 is 13.9 Å². The molecule has 1 rings (SSSR count). The van der Waals surface area contributed by atoms with E-state index in [1.54, 1.807) is 6.92 Å². The van der Waals surface area contributed by atoms with Gasteiger partial charge in [-0.1, -0.05) is 11.6 Å². The summed E-state index contributed by atoms with van der Waals surface area (Å²) in [5, 5.41) is -1.81. The summed E-state index contributed by atoms with van der Waals surface area (Å²) in [6.07, 6.45) is 0.0907. The molecule has 0 aromatic carbocycles. The molecule has 1 aliphatic rings. The van der Waals surface area contributed by atoms with Gasteiger partial charge in [0.2, 0.25) is 0 Å². The van der Waals surface area contributed by atoms with Crippen LogP contribution in [0.3, 0.4) is 0 Å². The molecular weight excluding hydrogens is 159 g/mol. The van der Waals surface area contributed by atoms with Gasteiger partial charge >= 0.3 is 5.97 Å². The Balaban J connectivity index is 2.33. The number of halogens is 2. The van der Waals surface area contributed by atoms with E-state index in [4.69, 9.17) is 11.6 Å². The van der Waals surface area contributed by atoms with Gasteiger partial charge < -0.3 is 4.74 Å². The van der Waals surface area contributed by atoms with E-state index in [-0.39, 0.29) is 13.0 Å². The van der Waals surface area contributed by atoms with Crippen LogP contribution in [-0.2, 0) is 9.53 Å². The van der Waals surface area contributed by atoms with Crippen molar-refractivity contribution in [3.05, 3.63) is 0 Å². The number of esters is 1. The van der Waals surface area contributed by atoms with Crippen LogP contribution < -0.4 is 0 Å². The molecule has 2 atom stereocenters. The molecule has 1 unspecified atom stereocenters. The zero-order valence-electron chi connectivity index (χ0n) is 5.56. The van der Waals surface area contributed by atoms with Gasteiger partial charge in [0.1, 0.15) is 5.92 Å². The fourth-order valence-corrected chi connectivity index (χ4v) is 0.955. The van der Waals surface area contributed by atoms with Crippen LogP contribution in [0.2, 0.25) is 0 Å². The average Bonchev–Trinajstić information content (AvgIpc) is 2.41. The summed E-state index contributed by atoms with van der Waals surface area (Å²) in [7, 11) is 0. The Labute approximate surface area is 63.3 Å². The lowest BCUT2D eigenvalue weighted by molar-refractivity contribution is -0.145. The average molecular weight is 167 g/mol. The largest absolute Gasteiger partial charge is 0.466 e. The van der Waals surface area contributed by atoms with Gasteiger partial charge in [-0.05, 0) is 6.92 Å². The third-order valence-electron chi connectivity index (χ3n) is 1.40. The van der Waals surface area contributed by atoms with Crippen molar-refractivity contribution in [1.82, 2.24) is 0 Å². The smallest absolute Gasteiger partial charge is 0.313 e. The van der Waals surface area contributed by atoms with Gasteiger partial charge in [0.15, 0.2) is 5.13 Å². The summed E-state index contributed by atoms with van der Waals surface area (Å²) in [5.41, 5.74) is 0. The lowest BCUT2D eigenvalue weighted by Gasteiger charge is -1.98. The highest BCUT2D eigenvalue weighted by molar-refractivity contribution is 6.26. The molecule has 4 heteroatoms. The highest BCUT2D eigenvalue weighted by Gasteiger charge is 2.59. The lowest BCUT2D eigenvalue weighted by Crippen LogP contribution is -2.10. The summed E-state index contributed by atoms with van der Waals surface area (Å²) in [6.45, 7) is 1.96. The number of carbonyl (C=O) groups excluding carboxylic acids is 1. The van der Waals surface area contributed by atoms with Crippen LogP contribution in [-0.4, -0.2) is 17.7 Å². The van der Waals surface area contributed by atoms with E-state index in [0.29, 0.717) is 0 Å². The molecule has 1 fully saturated rings. The number of rotatable bonds is 2. The number of alkyl halides is 2. The molecule has 0 bridgehead atoms. The first-order valence-electron chi connectivity index (χ1n) is 3.12. The standard InChI is InChI=1S/C6H8ClFO2/c1-2-10-5(9)4-3-6(4,7)8/h4H,2-3H2,1H3/t4-,6?/m0/s1. The van der Waals surface area contributed by atoms with Crippen LogP contribution in [0.5, 0.6) is 0 Å². The summed E-state index contributed by atoms with van der Waals surface area (Å²) in [4.78, 5) is 10.7. The minimum atomic E-state index is -1.81. The Morgan fingerprint density at radius 3 is 2.80 bits per heavy atom. The van der Waals surface area contributed by atoms with Crippen LogP contribution >= 0.6 is 11.6 Å². The molecule has 0 spiro atoms. The molecule has 0 N–H and O–H groups in total. The second-order valence-corrected chi connectivity index (χ2v) is 2.90. The van der Waals surface area contributed by atoms with Crippen LogP contribution in [0.4, 0.5) is 4.39 Å². The molecule has 10 heavy (non-hydrogen) atoms. The molecule has 0 aliphatic heterocycles. The highest BCUT2D eigenvalue weighted by Crippen LogP contribution is 2.51. The maximum Gasteiger partial charge on any atom is 0.313 e. The Bertz CT molecular complexity index is 158. The SMILES string of the molecule is CCOC(=O)[C@@H]1CC1(F)Cl. The topological polar surface area (TPSA) is 26.3 Å². The molecule has 0 amide bonds. The maximum absolute atomic E-state index is 12.5. The molecule has 58 valence electrons. The van der Waals surface area contributed by atoms with Crippen molar-refractivity contribution in [2.45, 2.75) is 18.5 Å². The van der Waals surface area contributed by atoms with E-state index >= 15 is 0 Å². The molecule has 0 radical (unpaired) electrons. The predicted octanol–water partition coefficient (Wildman–Crippen LogP) is 1.47. The Morgan fingerprint density at radius 1 is 2.00 bits per heavy atom. The highest BCUT2D eigenvalue weighted by atomic mass is 35.5. The van der Waals surface area contributed by atoms with Crippen molar-refractivity contribution in [2.24, 2.45) is 5.92 Å². The third-order valence-corrected chi connectivity index (χ3v) is 1.81. The van der Waals surface area contributed by atoms with Crippen molar-refractivity contribution in [3.8, 4) is 0 Å². The van der Waals surface area contributed by atoms with Gasteiger partial charge in [-0.25, -0.2) is 4.39 Å². The number of hydrogen-bond donors (Lipinski definition) is 0. The van der Waals surface area contributed by atoms with Crippen LogP contribution in [0, 0.1) is 5.92 Å². The maximum atomic E-state index is 12.5. The lowest BCUT2D eigenvalue weighted by atomic mass is 10.4. The van der Waals surface area contributed by atoms with Gasteiger partial charge in [0.25, 0.3) is 0 Å². The molecular formula is C6H8ClFO2. The molecule has 0 heterocycles. The number of hydrogen-bond acceptors (Lipinski definition) is 2. The minimum Gasteiger partial charge on any atom is -0.466 e. The fraction of sp³-hybridized carbons (Fsp3) is 0.833. The van der Waals surface area contributed by atoms with E-state index in [2.05, 4.69) is 4.74 Å². The van der Waals surface area contributed by atoms with Crippen LogP contribution in [0.25, 0.3) is 0 Å². The van der Waals surface area contributed by atoms with E-state index in [0.717, 1.165) is 0 Å². The zero-order valence-corrected chi connectivity index (χ0v) is 6.32. The van der Waals surface area contributed by atoms with Gasteiger partial charge in [0.05, 0.1) is 6.61 Å². The Hall–Kier alpha value is -0.310. The second-order valence-electron chi connectivity index (χ2n) is 2.27. The number of carbonyl (C=O) groups is 1. The summed E-state index contributed by atoms with van der Waals surface area (Å²) < 4.78 is 17.0. The van der Waals surface area contributed by atoms with E-state index < -0.39 is 17.0 Å². The van der Waals surface area contributed by atoms with Crippen LogP contribution in [0.15, 0.2) is 0 Å². The molecule has 1 saturated carbocycles. The van der Waals surface area contributed by atoms with E-state index in [1.165, 1.54) is 0 Å². The Kier molecular flexibility index (Phi) is 1.86. The fourth-order valence-electron chi connectivity index (χ4n) is 0.712. The molecule has 0 saturated heterocycles. The summed E-state index contributed by atoms with van der Waals surface area (Å²) >= 11 is 5.17. The monoisotopic (exact) mass is 166 g/mol. The van der Waals surface area contributed by atoms with Crippen molar-refractivity contribution >= 4 is 17.6 Å². The van der Waals surface area contributed by atoms with E-state index in [9.17, 15) is 9.18 Å². The Morgan fingerprint density at radius 2 is 2.50 bits per heavy atom. The molecule has 0 aromatic heterocycles. The van der Waals surface area contributed by atoms with Crippen molar-refractivity contribution in [2.75, 3.05) is 6.61 Å². The predicted molar refractivity (Wildman–Crippen MR) is 34.4 cm³/mol. The summed E-state index contributed by atoms with van der Waals surface area (Å²) in [5.74, 6) is -1.26. The summed E-state index contributed by atoms with van der Waals surface area (Å²) in [6, 6.07) is 0. The van der Waals surface area contributed by atoms with Gasteiger partial charge in [-0.2, -0.15) is 0 Å². The minimum absolute atomic E-state index is 0.0907. The normalized spacial score (nSPS) is 37.3. The zero-order chi connectivity index (χ0) is 7.78. The molecule has 2 nitrogen and oxygen atoms in total. The van der Waals surface area contributed by atoms with Crippen molar-refractivity contribution in [1.29, 1.82) is 0 Å². The molecule has 0 aromatic rings. The van der Waals surface area contributed by atoms with Crippen molar-refractivity contribution in [3.63, 3.8) is 0 Å². The second kappa shape index (κ2) is 2.38. The number of ether oxygens (including phenoxy) is 1. The first-order valence-corrected chi connectivity index (χ1v) is 3.50. The van der Waals surface area contributed by atoms with Gasteiger partial charge in [0, 0.05) is 6.42 Å². The van der Waals surface area contributed by atoms with Gasteiger partial charge in [-0.3, -0.25) is 4.79 Å². The third kappa shape index (κ3) is 1.40. The van der Waals surface area contributed by atoms with E-state index in [1.807, 2.05) is 0 Å². The van der Waals surface area contributed by atoms with Gasteiger partial charge in [-0.15, -0.1) is 0 Å². The quantitative estimate of drug-likeness (QED) is 0.459.